The fourth-order valence-corrected chi connectivity index (χ4v) is 11.6. The van der Waals surface area contributed by atoms with Crippen LogP contribution in [0.1, 0.15) is 5.56 Å². The molecule has 4 nitrogen and oxygen atoms in total. The van der Waals surface area contributed by atoms with Crippen molar-refractivity contribution in [2.24, 2.45) is 0 Å². The molecule has 0 spiro atoms. The zero-order chi connectivity index (χ0) is 36.3. The molecule has 0 atom stereocenters. The van der Waals surface area contributed by atoms with Crippen LogP contribution in [0.2, 0.25) is 0 Å². The molecule has 11 rings (SSSR count). The maximum atomic E-state index is 6.77. The van der Waals surface area contributed by atoms with Gasteiger partial charge in [-0.2, -0.15) is 5.10 Å². The van der Waals surface area contributed by atoms with Crippen molar-refractivity contribution in [1.82, 2.24) is 14.3 Å². The minimum Gasteiger partial charge on any atom is -0.454 e. The highest BCUT2D eigenvalue weighted by Gasteiger charge is 2.23. The number of furan rings is 1. The van der Waals surface area contributed by atoms with Crippen LogP contribution in [0, 0.1) is 0 Å². The lowest BCUT2D eigenvalue weighted by atomic mass is 10.1. The predicted octanol–water partition coefficient (Wildman–Crippen LogP) is 10.00. The molecule has 260 valence electrons. The summed E-state index contributed by atoms with van der Waals surface area (Å²) in [7, 11) is -1.77. The van der Waals surface area contributed by atoms with Gasteiger partial charge >= 0.3 is 0 Å². The van der Waals surface area contributed by atoms with E-state index in [4.69, 9.17) is 9.52 Å². The largest absolute Gasteiger partial charge is 0.454 e. The highest BCUT2D eigenvalue weighted by atomic mass is 28.3. The first-order chi connectivity index (χ1) is 27.3. The Labute approximate surface area is 319 Å². The summed E-state index contributed by atoms with van der Waals surface area (Å²) in [6.07, 6.45) is 0. The molecule has 0 unspecified atom stereocenters. The van der Waals surface area contributed by atoms with E-state index in [0.717, 1.165) is 60.8 Å². The maximum absolute atomic E-state index is 6.77. The van der Waals surface area contributed by atoms with E-state index in [0.29, 0.717) is 6.54 Å². The van der Waals surface area contributed by atoms with Crippen LogP contribution in [0.3, 0.4) is 0 Å². The van der Waals surface area contributed by atoms with Gasteiger partial charge in [-0.05, 0) is 42.0 Å². The summed E-state index contributed by atoms with van der Waals surface area (Å²) < 4.78 is 11.3. The van der Waals surface area contributed by atoms with Gasteiger partial charge in [0.1, 0.15) is 20.1 Å². The summed E-state index contributed by atoms with van der Waals surface area (Å²) in [6, 6.07) is 70.1. The summed E-state index contributed by atoms with van der Waals surface area (Å²) in [5.41, 5.74) is 9.58. The zero-order valence-corrected chi connectivity index (χ0v) is 31.2. The van der Waals surface area contributed by atoms with Crippen molar-refractivity contribution in [1.29, 1.82) is 0 Å². The Hall–Kier alpha value is -6.95. The highest BCUT2D eigenvalue weighted by molar-refractivity contribution is 6.95. The average molecular weight is 722 g/mol. The molecule has 3 heterocycles. The Kier molecular flexibility index (Phi) is 7.38. The van der Waals surface area contributed by atoms with E-state index in [1.807, 2.05) is 6.07 Å². The van der Waals surface area contributed by atoms with Crippen molar-refractivity contribution >= 4 is 79.0 Å². The number of para-hydroxylation sites is 2. The molecule has 0 aliphatic heterocycles. The molecular formula is C50H35N3OSi. The Balaban J connectivity index is 1.12. The normalized spacial score (nSPS) is 11.9. The Bertz CT molecular complexity index is 3140. The van der Waals surface area contributed by atoms with Crippen molar-refractivity contribution in [3.8, 4) is 16.9 Å². The van der Waals surface area contributed by atoms with Crippen molar-refractivity contribution in [2.45, 2.75) is 6.54 Å². The van der Waals surface area contributed by atoms with Crippen LogP contribution in [0.5, 0.6) is 0 Å². The van der Waals surface area contributed by atoms with Gasteiger partial charge in [-0.1, -0.05) is 173 Å². The number of rotatable bonds is 7. The van der Waals surface area contributed by atoms with Gasteiger partial charge in [-0.3, -0.25) is 4.68 Å². The smallest absolute Gasteiger partial charge is 0.160 e. The van der Waals surface area contributed by atoms with Crippen LogP contribution in [-0.2, 0) is 6.54 Å². The van der Waals surface area contributed by atoms with Crippen molar-refractivity contribution in [3.63, 3.8) is 0 Å². The minimum absolute atomic E-state index is 0.643. The van der Waals surface area contributed by atoms with Gasteiger partial charge < -0.3 is 8.98 Å². The predicted molar refractivity (Wildman–Crippen MR) is 231 cm³/mol. The molecule has 0 N–H and O–H groups in total. The topological polar surface area (TPSA) is 35.9 Å². The fourth-order valence-electron chi connectivity index (χ4n) is 8.64. The van der Waals surface area contributed by atoms with E-state index in [9.17, 15) is 0 Å². The Morgan fingerprint density at radius 1 is 0.473 bits per heavy atom. The second-order valence-electron chi connectivity index (χ2n) is 14.4. The van der Waals surface area contributed by atoms with E-state index in [2.05, 4.69) is 197 Å². The van der Waals surface area contributed by atoms with Gasteiger partial charge in [0.05, 0.1) is 23.1 Å². The van der Waals surface area contributed by atoms with E-state index < -0.39 is 8.80 Å². The first kappa shape index (κ1) is 31.6. The molecule has 0 aliphatic rings. The lowest BCUT2D eigenvalue weighted by Gasteiger charge is -2.18. The molecule has 0 aliphatic carbocycles. The lowest BCUT2D eigenvalue weighted by molar-refractivity contribution is 0.671. The van der Waals surface area contributed by atoms with Crippen molar-refractivity contribution in [3.05, 3.63) is 200 Å². The van der Waals surface area contributed by atoms with Gasteiger partial charge in [0.15, 0.2) is 5.58 Å². The third kappa shape index (κ3) is 5.23. The summed E-state index contributed by atoms with van der Waals surface area (Å²) in [5.74, 6) is 0. The molecule has 5 heteroatoms. The highest BCUT2D eigenvalue weighted by Crippen LogP contribution is 2.40. The molecule has 11 aromatic rings. The van der Waals surface area contributed by atoms with E-state index in [1.165, 1.54) is 31.9 Å². The molecule has 0 amide bonds. The van der Waals surface area contributed by atoms with Gasteiger partial charge in [-0.15, -0.1) is 0 Å². The number of benzene rings is 8. The first-order valence-corrected chi connectivity index (χ1v) is 20.6. The van der Waals surface area contributed by atoms with Crippen molar-refractivity contribution in [2.75, 3.05) is 0 Å². The minimum atomic E-state index is -1.77. The van der Waals surface area contributed by atoms with Crippen LogP contribution >= 0.6 is 0 Å². The summed E-state index contributed by atoms with van der Waals surface area (Å²) >= 11 is 0. The maximum Gasteiger partial charge on any atom is 0.160 e. The molecule has 8 aromatic carbocycles. The first-order valence-electron chi connectivity index (χ1n) is 18.9. The monoisotopic (exact) mass is 721 g/mol. The van der Waals surface area contributed by atoms with E-state index in [1.54, 1.807) is 0 Å². The van der Waals surface area contributed by atoms with E-state index >= 15 is 0 Å². The number of fused-ring (bicyclic) bond motifs is 8. The quantitative estimate of drug-likeness (QED) is 0.121. The third-order valence-corrected chi connectivity index (χ3v) is 14.2. The summed E-state index contributed by atoms with van der Waals surface area (Å²) in [5, 5.41) is 15.2. The molecule has 0 fully saturated rings. The third-order valence-electron chi connectivity index (χ3n) is 11.1. The second kappa shape index (κ2) is 12.9. The van der Waals surface area contributed by atoms with E-state index in [-0.39, 0.29) is 0 Å². The van der Waals surface area contributed by atoms with Crippen LogP contribution < -0.4 is 15.6 Å². The Morgan fingerprint density at radius 2 is 1.15 bits per heavy atom. The summed E-state index contributed by atoms with van der Waals surface area (Å²) in [4.78, 5) is 0. The zero-order valence-electron chi connectivity index (χ0n) is 30.0. The molecular weight excluding hydrogens is 687 g/mol. The van der Waals surface area contributed by atoms with Crippen LogP contribution in [0.25, 0.3) is 71.6 Å². The van der Waals surface area contributed by atoms with Crippen LogP contribution in [-0.4, -0.2) is 23.1 Å². The molecule has 0 saturated heterocycles. The summed E-state index contributed by atoms with van der Waals surface area (Å²) in [6.45, 7) is 0.643. The molecule has 0 bridgehead atoms. The van der Waals surface area contributed by atoms with Gasteiger partial charge in [-0.25, -0.2) is 0 Å². The fraction of sp³-hybridized carbons (Fsp3) is 0.0200. The molecule has 55 heavy (non-hydrogen) atoms. The molecule has 0 radical (unpaired) electrons. The van der Waals surface area contributed by atoms with Gasteiger partial charge in [0.25, 0.3) is 0 Å². The number of hydrogen-bond donors (Lipinski definition) is 0. The van der Waals surface area contributed by atoms with Gasteiger partial charge in [0.2, 0.25) is 0 Å². The van der Waals surface area contributed by atoms with Gasteiger partial charge in [0, 0.05) is 38.2 Å². The molecule has 3 aromatic heterocycles. The van der Waals surface area contributed by atoms with Crippen LogP contribution in [0.15, 0.2) is 199 Å². The van der Waals surface area contributed by atoms with Crippen LogP contribution in [0.4, 0.5) is 0 Å². The molecule has 0 saturated carbocycles. The standard InChI is InChI=1S/C50H35N3OSi/c1-4-16-35(17-5-1)48-43-24-10-12-25-45(43)52(51-48)33-34-15-14-18-36(31-34)53-46-30-27-39(55(37-19-6-2-7-20-37)38-21-8-3-9-22-38)32-44(46)41-28-29-42-40-23-11-13-26-47(40)54-50(42)49(41)53/h1-32,55H,33H2. The second-order valence-corrected chi connectivity index (χ2v) is 17.2. The number of nitrogens with zero attached hydrogens (tertiary/aromatic N) is 3. The number of hydrogen-bond acceptors (Lipinski definition) is 2. The Morgan fingerprint density at radius 3 is 1.93 bits per heavy atom. The SMILES string of the molecule is c1ccc(-c2nn(Cc3cccc(-n4c5ccc([SiH](c6ccccc6)c6ccccc6)cc5c5ccc6c7ccccc7oc6c54)c3)c3ccccc23)cc1. The number of aromatic nitrogens is 3. The van der Waals surface area contributed by atoms with Crippen molar-refractivity contribution < 1.29 is 4.42 Å². The lowest BCUT2D eigenvalue weighted by Crippen LogP contribution is -2.51. The average Bonchev–Trinajstić information content (AvgIpc) is 3.92.